The van der Waals surface area contributed by atoms with Crippen molar-refractivity contribution in [1.82, 2.24) is 20.2 Å². The Balaban J connectivity index is 0.00000160. The van der Waals surface area contributed by atoms with Gasteiger partial charge in [-0.1, -0.05) is 36.4 Å². The summed E-state index contributed by atoms with van der Waals surface area (Å²) in [5.41, 5.74) is 3.67. The van der Waals surface area contributed by atoms with Crippen molar-refractivity contribution in [1.29, 1.82) is 0 Å². The van der Waals surface area contributed by atoms with Crippen molar-refractivity contribution in [2.24, 2.45) is 0 Å². The van der Waals surface area contributed by atoms with Crippen molar-refractivity contribution < 1.29 is 9.53 Å². The summed E-state index contributed by atoms with van der Waals surface area (Å²) in [6.45, 7) is 2.84. The van der Waals surface area contributed by atoms with Gasteiger partial charge in [0, 0.05) is 20.2 Å². The second-order valence-electron chi connectivity index (χ2n) is 7.31. The van der Waals surface area contributed by atoms with Crippen molar-refractivity contribution in [3.63, 3.8) is 0 Å². The molecule has 0 saturated carbocycles. The molecule has 30 heavy (non-hydrogen) atoms. The minimum Gasteiger partial charge on any atom is -0.368 e. The summed E-state index contributed by atoms with van der Waals surface area (Å²) in [6.07, 6.45) is 3.27. The Morgan fingerprint density at radius 3 is 2.63 bits per heavy atom. The highest BCUT2D eigenvalue weighted by Gasteiger charge is 2.39. The topological polar surface area (TPSA) is 68.2 Å². The van der Waals surface area contributed by atoms with E-state index in [0.717, 1.165) is 36.2 Å². The average molecular weight is 451 g/mol. The number of carbonyl (C=O) groups excluding carboxylic acids is 1. The van der Waals surface area contributed by atoms with Crippen LogP contribution >= 0.6 is 24.8 Å². The number of aromatic nitrogens is 2. The summed E-state index contributed by atoms with van der Waals surface area (Å²) in [5.74, 6) is -0.0255. The number of hydrogen-bond acceptors (Lipinski definition) is 4. The zero-order valence-corrected chi connectivity index (χ0v) is 18.6. The minimum atomic E-state index is -0.710. The quantitative estimate of drug-likeness (QED) is 0.604. The molecule has 3 aromatic rings. The van der Waals surface area contributed by atoms with Crippen molar-refractivity contribution in [3.8, 4) is 0 Å². The first-order chi connectivity index (χ1) is 13.7. The maximum absolute atomic E-state index is 12.7. The van der Waals surface area contributed by atoms with E-state index in [0.29, 0.717) is 19.4 Å². The molecular weight excluding hydrogens is 423 g/mol. The molecule has 1 fully saturated rings. The number of benzene rings is 2. The van der Waals surface area contributed by atoms with E-state index in [1.165, 1.54) is 5.56 Å². The van der Waals surface area contributed by atoms with E-state index >= 15 is 0 Å². The number of amides is 1. The highest BCUT2D eigenvalue weighted by molar-refractivity contribution is 5.86. The molecule has 0 radical (unpaired) electrons. The lowest BCUT2D eigenvalue weighted by molar-refractivity contribution is -0.146. The summed E-state index contributed by atoms with van der Waals surface area (Å²) < 4.78 is 7.74. The summed E-state index contributed by atoms with van der Waals surface area (Å²) in [5, 5.41) is 6.34. The maximum atomic E-state index is 12.7. The van der Waals surface area contributed by atoms with E-state index in [9.17, 15) is 4.79 Å². The zero-order chi connectivity index (χ0) is 19.4. The number of halogens is 2. The number of para-hydroxylation sites is 2. The Hall–Kier alpha value is -2.12. The van der Waals surface area contributed by atoms with E-state index in [1.807, 2.05) is 36.7 Å². The van der Waals surface area contributed by atoms with Crippen LogP contribution in [-0.4, -0.2) is 41.3 Å². The Morgan fingerprint density at radius 1 is 1.13 bits per heavy atom. The fourth-order valence-corrected chi connectivity index (χ4v) is 3.87. The van der Waals surface area contributed by atoms with Crippen LogP contribution in [0.3, 0.4) is 0 Å². The van der Waals surface area contributed by atoms with Crippen LogP contribution < -0.4 is 10.6 Å². The normalized spacial score (nSPS) is 15.1. The fraction of sp³-hybridized carbons (Fsp3) is 0.364. The average Bonchev–Trinajstić information content (AvgIpc) is 3.15. The van der Waals surface area contributed by atoms with Gasteiger partial charge in [0.15, 0.2) is 0 Å². The largest absolute Gasteiger partial charge is 0.368 e. The van der Waals surface area contributed by atoms with Gasteiger partial charge < -0.3 is 19.9 Å². The molecule has 2 N–H and O–H groups in total. The SMILES string of the molecule is COC1(C(=O)NCc2cccc(Cn3cnc4ccccc43)c2)CCNCC1.Cl.Cl. The third kappa shape index (κ3) is 5.13. The lowest BCUT2D eigenvalue weighted by Crippen LogP contribution is -2.53. The van der Waals surface area contributed by atoms with Gasteiger partial charge in [0.25, 0.3) is 5.91 Å². The molecule has 0 unspecified atom stereocenters. The molecule has 1 aliphatic rings. The van der Waals surface area contributed by atoms with E-state index in [-0.39, 0.29) is 30.7 Å². The highest BCUT2D eigenvalue weighted by atomic mass is 35.5. The number of methoxy groups -OCH3 is 1. The van der Waals surface area contributed by atoms with Gasteiger partial charge in [-0.05, 0) is 49.2 Å². The molecule has 0 atom stereocenters. The molecule has 0 aliphatic carbocycles. The molecule has 1 aromatic heterocycles. The number of imidazole rings is 1. The van der Waals surface area contributed by atoms with Crippen LogP contribution in [-0.2, 0) is 22.6 Å². The molecular formula is C22H28Cl2N4O2. The first-order valence-corrected chi connectivity index (χ1v) is 9.72. The minimum absolute atomic E-state index is 0. The molecule has 162 valence electrons. The third-order valence-electron chi connectivity index (χ3n) is 5.54. The van der Waals surface area contributed by atoms with Crippen LogP contribution in [0.4, 0.5) is 0 Å². The Kier molecular flexibility index (Phi) is 8.67. The number of nitrogens with zero attached hydrogens (tertiary/aromatic N) is 2. The molecule has 8 heteroatoms. The lowest BCUT2D eigenvalue weighted by atomic mass is 9.91. The predicted molar refractivity (Wildman–Crippen MR) is 123 cm³/mol. The molecule has 0 bridgehead atoms. The van der Waals surface area contributed by atoms with Crippen molar-refractivity contribution in [3.05, 3.63) is 66.0 Å². The third-order valence-corrected chi connectivity index (χ3v) is 5.54. The molecule has 1 saturated heterocycles. The van der Waals surface area contributed by atoms with Gasteiger partial charge in [-0.15, -0.1) is 24.8 Å². The number of rotatable bonds is 6. The molecule has 1 aliphatic heterocycles. The van der Waals surface area contributed by atoms with Gasteiger partial charge in [-0.2, -0.15) is 0 Å². The molecule has 1 amide bonds. The molecule has 0 spiro atoms. The van der Waals surface area contributed by atoms with Gasteiger partial charge in [0.2, 0.25) is 0 Å². The summed E-state index contributed by atoms with van der Waals surface area (Å²) in [7, 11) is 1.63. The predicted octanol–water partition coefficient (Wildman–Crippen LogP) is 3.31. The van der Waals surface area contributed by atoms with Crippen molar-refractivity contribution in [2.75, 3.05) is 20.2 Å². The second-order valence-corrected chi connectivity index (χ2v) is 7.31. The molecule has 6 nitrogen and oxygen atoms in total. The van der Waals surface area contributed by atoms with Crippen LogP contribution in [0.2, 0.25) is 0 Å². The van der Waals surface area contributed by atoms with Crippen LogP contribution in [0, 0.1) is 0 Å². The smallest absolute Gasteiger partial charge is 0.252 e. The Labute approximate surface area is 189 Å². The van der Waals surface area contributed by atoms with Gasteiger partial charge in [0.1, 0.15) is 5.60 Å². The van der Waals surface area contributed by atoms with E-state index < -0.39 is 5.60 Å². The van der Waals surface area contributed by atoms with E-state index in [2.05, 4.69) is 38.4 Å². The van der Waals surface area contributed by atoms with Crippen LogP contribution in [0.25, 0.3) is 11.0 Å². The summed E-state index contributed by atoms with van der Waals surface area (Å²) >= 11 is 0. The number of piperidine rings is 1. The molecule has 2 aromatic carbocycles. The highest BCUT2D eigenvalue weighted by Crippen LogP contribution is 2.23. The van der Waals surface area contributed by atoms with Gasteiger partial charge in [-0.25, -0.2) is 4.98 Å². The monoisotopic (exact) mass is 450 g/mol. The number of carbonyl (C=O) groups is 1. The summed E-state index contributed by atoms with van der Waals surface area (Å²) in [4.78, 5) is 17.2. The first kappa shape index (κ1) is 24.2. The van der Waals surface area contributed by atoms with Gasteiger partial charge in [-0.3, -0.25) is 4.79 Å². The van der Waals surface area contributed by atoms with Crippen molar-refractivity contribution >= 4 is 41.8 Å². The van der Waals surface area contributed by atoms with Crippen LogP contribution in [0.15, 0.2) is 54.9 Å². The number of hydrogen-bond donors (Lipinski definition) is 2. The zero-order valence-electron chi connectivity index (χ0n) is 17.0. The summed E-state index contributed by atoms with van der Waals surface area (Å²) in [6, 6.07) is 16.4. The maximum Gasteiger partial charge on any atom is 0.252 e. The van der Waals surface area contributed by atoms with Crippen molar-refractivity contribution in [2.45, 2.75) is 31.5 Å². The number of fused-ring (bicyclic) bond motifs is 1. The van der Waals surface area contributed by atoms with Crippen LogP contribution in [0.1, 0.15) is 24.0 Å². The van der Waals surface area contributed by atoms with Gasteiger partial charge in [0.05, 0.1) is 17.4 Å². The van der Waals surface area contributed by atoms with E-state index in [1.54, 1.807) is 7.11 Å². The first-order valence-electron chi connectivity index (χ1n) is 9.72. The van der Waals surface area contributed by atoms with Crippen LogP contribution in [0.5, 0.6) is 0 Å². The molecule has 4 rings (SSSR count). The lowest BCUT2D eigenvalue weighted by Gasteiger charge is -2.34. The van der Waals surface area contributed by atoms with E-state index in [4.69, 9.17) is 4.74 Å². The molecule has 2 heterocycles. The Bertz CT molecular complexity index is 970. The number of nitrogens with one attached hydrogen (secondary N) is 2. The Morgan fingerprint density at radius 2 is 1.87 bits per heavy atom. The second kappa shape index (κ2) is 10.8. The number of ether oxygens (including phenoxy) is 1. The standard InChI is InChI=1S/C22H26N4O2.2ClH/c1-28-22(9-11-23-12-10-22)21(27)24-14-17-5-4-6-18(13-17)15-26-16-25-19-7-2-3-8-20(19)26;;/h2-8,13,16,23H,9-12,14-15H2,1H3,(H,24,27);2*1H. The fourth-order valence-electron chi connectivity index (χ4n) is 3.87. The van der Waals surface area contributed by atoms with Gasteiger partial charge >= 0.3 is 0 Å².